The number of nitrogens with zero attached hydrogens (tertiary/aromatic N) is 1. The number of hydrogen-bond acceptors (Lipinski definition) is 4. The van der Waals surface area contributed by atoms with Gasteiger partial charge in [0.1, 0.15) is 17.4 Å². The van der Waals surface area contributed by atoms with Crippen LogP contribution in [0.1, 0.15) is 4.88 Å². The van der Waals surface area contributed by atoms with Crippen LogP contribution in [0.25, 0.3) is 6.08 Å². The first kappa shape index (κ1) is 15.1. The number of nitriles is 1. The largest absolute Gasteiger partial charge is 0.495 e. The Morgan fingerprint density at radius 3 is 2.76 bits per heavy atom. The van der Waals surface area contributed by atoms with Crippen molar-refractivity contribution < 1.29 is 9.53 Å². The number of thiophene rings is 1. The van der Waals surface area contributed by atoms with Crippen LogP contribution in [0.2, 0.25) is 4.34 Å². The number of ether oxygens (including phenoxy) is 1. The van der Waals surface area contributed by atoms with Gasteiger partial charge in [-0.05, 0) is 30.3 Å². The highest BCUT2D eigenvalue weighted by atomic mass is 35.5. The van der Waals surface area contributed by atoms with Gasteiger partial charge in [0.05, 0.1) is 17.1 Å². The summed E-state index contributed by atoms with van der Waals surface area (Å²) in [7, 11) is 1.51. The third-order valence-electron chi connectivity index (χ3n) is 2.60. The Bertz CT molecular complexity index is 731. The molecular weight excluding hydrogens is 308 g/mol. The van der Waals surface area contributed by atoms with Crippen LogP contribution in [0, 0.1) is 11.3 Å². The van der Waals surface area contributed by atoms with Gasteiger partial charge in [-0.3, -0.25) is 4.79 Å². The molecule has 0 aliphatic carbocycles. The minimum Gasteiger partial charge on any atom is -0.495 e. The maximum Gasteiger partial charge on any atom is 0.266 e. The van der Waals surface area contributed by atoms with E-state index in [4.69, 9.17) is 21.6 Å². The lowest BCUT2D eigenvalue weighted by Crippen LogP contribution is -2.14. The molecule has 0 fully saturated rings. The third kappa shape index (κ3) is 3.85. The number of hydrogen-bond donors (Lipinski definition) is 1. The topological polar surface area (TPSA) is 62.1 Å². The van der Waals surface area contributed by atoms with Gasteiger partial charge in [0.25, 0.3) is 5.91 Å². The fourth-order valence-electron chi connectivity index (χ4n) is 1.63. The van der Waals surface area contributed by atoms with Crippen molar-refractivity contribution in [3.63, 3.8) is 0 Å². The second-order valence-electron chi connectivity index (χ2n) is 3.97. The molecule has 2 rings (SSSR count). The molecule has 0 aliphatic rings. The summed E-state index contributed by atoms with van der Waals surface area (Å²) in [6, 6.07) is 12.3. The van der Waals surface area contributed by atoms with Crippen LogP contribution < -0.4 is 10.1 Å². The van der Waals surface area contributed by atoms with Crippen molar-refractivity contribution in [2.24, 2.45) is 0 Å². The van der Waals surface area contributed by atoms with E-state index in [0.29, 0.717) is 15.8 Å². The highest BCUT2D eigenvalue weighted by Crippen LogP contribution is 2.25. The van der Waals surface area contributed by atoms with E-state index >= 15 is 0 Å². The molecule has 1 aromatic heterocycles. The molecule has 1 N–H and O–H groups in total. The second kappa shape index (κ2) is 6.93. The maximum atomic E-state index is 12.1. The van der Waals surface area contributed by atoms with Gasteiger partial charge in [-0.2, -0.15) is 5.26 Å². The molecular formula is C15H11ClN2O2S. The molecule has 0 aliphatic heterocycles. The lowest BCUT2D eigenvalue weighted by molar-refractivity contribution is -0.112. The monoisotopic (exact) mass is 318 g/mol. The Kier molecular flexibility index (Phi) is 4.99. The number of carbonyl (C=O) groups excluding carboxylic acids is 1. The Balaban J connectivity index is 2.22. The van der Waals surface area contributed by atoms with E-state index in [1.165, 1.54) is 24.5 Å². The molecule has 0 atom stereocenters. The van der Waals surface area contributed by atoms with Gasteiger partial charge in [0.2, 0.25) is 0 Å². The van der Waals surface area contributed by atoms with E-state index in [2.05, 4.69) is 5.32 Å². The highest BCUT2D eigenvalue weighted by molar-refractivity contribution is 7.17. The average molecular weight is 319 g/mol. The van der Waals surface area contributed by atoms with Gasteiger partial charge in [-0.25, -0.2) is 0 Å². The lowest BCUT2D eigenvalue weighted by Gasteiger charge is -2.08. The van der Waals surface area contributed by atoms with Gasteiger partial charge in [-0.15, -0.1) is 11.3 Å². The molecule has 106 valence electrons. The molecule has 0 spiro atoms. The molecule has 0 unspecified atom stereocenters. The van der Waals surface area contributed by atoms with Gasteiger partial charge in [0, 0.05) is 4.88 Å². The van der Waals surface area contributed by atoms with Crippen molar-refractivity contribution in [3.05, 3.63) is 51.2 Å². The second-order valence-corrected chi connectivity index (χ2v) is 5.71. The summed E-state index contributed by atoms with van der Waals surface area (Å²) in [5, 5.41) is 11.8. The minimum atomic E-state index is -0.494. The number of nitrogens with one attached hydrogen (secondary N) is 1. The first-order chi connectivity index (χ1) is 10.1. The van der Waals surface area contributed by atoms with Crippen molar-refractivity contribution in [2.75, 3.05) is 12.4 Å². The first-order valence-electron chi connectivity index (χ1n) is 5.95. The van der Waals surface area contributed by atoms with E-state index < -0.39 is 5.91 Å². The molecule has 0 saturated carbocycles. The molecule has 0 radical (unpaired) electrons. The first-order valence-corrected chi connectivity index (χ1v) is 7.15. The summed E-state index contributed by atoms with van der Waals surface area (Å²) in [5.41, 5.74) is 0.509. The van der Waals surface area contributed by atoms with Gasteiger partial charge in [0.15, 0.2) is 0 Å². The zero-order valence-electron chi connectivity index (χ0n) is 11.1. The van der Waals surface area contributed by atoms with Crippen LogP contribution in [-0.4, -0.2) is 13.0 Å². The zero-order valence-corrected chi connectivity index (χ0v) is 12.7. The van der Waals surface area contributed by atoms with Crippen molar-refractivity contribution in [1.82, 2.24) is 0 Å². The average Bonchev–Trinajstić information content (AvgIpc) is 2.90. The van der Waals surface area contributed by atoms with Gasteiger partial charge < -0.3 is 10.1 Å². The Hall–Kier alpha value is -2.29. The lowest BCUT2D eigenvalue weighted by atomic mass is 10.2. The predicted octanol–water partition coefficient (Wildman–Crippen LogP) is 3.96. The number of para-hydroxylation sites is 2. The highest BCUT2D eigenvalue weighted by Gasteiger charge is 2.12. The number of carbonyl (C=O) groups is 1. The number of rotatable bonds is 4. The van der Waals surface area contributed by atoms with Crippen LogP contribution in [-0.2, 0) is 4.79 Å². The number of anilines is 1. The molecule has 1 amide bonds. The van der Waals surface area contributed by atoms with E-state index in [1.807, 2.05) is 6.07 Å². The quantitative estimate of drug-likeness (QED) is 0.685. The smallest absolute Gasteiger partial charge is 0.266 e. The minimum absolute atomic E-state index is 0.000534. The summed E-state index contributed by atoms with van der Waals surface area (Å²) in [5.74, 6) is 0.0360. The van der Waals surface area contributed by atoms with E-state index in [9.17, 15) is 4.79 Å². The van der Waals surface area contributed by atoms with Crippen molar-refractivity contribution in [3.8, 4) is 11.8 Å². The van der Waals surface area contributed by atoms with Gasteiger partial charge in [-0.1, -0.05) is 23.7 Å². The molecule has 4 nitrogen and oxygen atoms in total. The third-order valence-corrected chi connectivity index (χ3v) is 3.78. The summed E-state index contributed by atoms with van der Waals surface area (Å²) in [6.07, 6.45) is 1.50. The molecule has 0 saturated heterocycles. The molecule has 1 aromatic carbocycles. The molecule has 21 heavy (non-hydrogen) atoms. The standard InChI is InChI=1S/C15H11ClN2O2S/c1-20-13-5-3-2-4-12(13)18-15(19)10(9-17)8-11-6-7-14(16)21-11/h2-8H,1H3,(H,18,19)/b10-8+. The number of amides is 1. The summed E-state index contributed by atoms with van der Waals surface area (Å²) in [6.45, 7) is 0. The van der Waals surface area contributed by atoms with Gasteiger partial charge >= 0.3 is 0 Å². The van der Waals surface area contributed by atoms with Crippen molar-refractivity contribution in [2.45, 2.75) is 0 Å². The summed E-state index contributed by atoms with van der Waals surface area (Å²) < 4.78 is 5.75. The number of benzene rings is 1. The van der Waals surface area contributed by atoms with Crippen molar-refractivity contribution in [1.29, 1.82) is 5.26 Å². The fraction of sp³-hybridized carbons (Fsp3) is 0.0667. The van der Waals surface area contributed by atoms with Crippen LogP contribution >= 0.6 is 22.9 Å². The summed E-state index contributed by atoms with van der Waals surface area (Å²) >= 11 is 7.12. The summed E-state index contributed by atoms with van der Waals surface area (Å²) in [4.78, 5) is 12.9. The number of methoxy groups -OCH3 is 1. The molecule has 0 bridgehead atoms. The predicted molar refractivity (Wildman–Crippen MR) is 84.5 cm³/mol. The Labute approximate surface area is 131 Å². The fourth-order valence-corrected chi connectivity index (χ4v) is 2.64. The molecule has 2 aromatic rings. The van der Waals surface area contributed by atoms with Crippen LogP contribution in [0.5, 0.6) is 5.75 Å². The van der Waals surface area contributed by atoms with Crippen molar-refractivity contribution >= 4 is 40.6 Å². The molecule has 6 heteroatoms. The van der Waals surface area contributed by atoms with Crippen LogP contribution in [0.15, 0.2) is 42.0 Å². The normalized spacial score (nSPS) is 10.8. The SMILES string of the molecule is COc1ccccc1NC(=O)/C(C#N)=C/c1ccc(Cl)s1. The molecule has 1 heterocycles. The van der Waals surface area contributed by atoms with E-state index in [1.54, 1.807) is 36.4 Å². The Morgan fingerprint density at radius 2 is 2.14 bits per heavy atom. The Morgan fingerprint density at radius 1 is 1.38 bits per heavy atom. The maximum absolute atomic E-state index is 12.1. The zero-order chi connectivity index (χ0) is 15.2. The van der Waals surface area contributed by atoms with Crippen LogP contribution in [0.4, 0.5) is 5.69 Å². The number of halogens is 1. The van der Waals surface area contributed by atoms with Crippen LogP contribution in [0.3, 0.4) is 0 Å². The van der Waals surface area contributed by atoms with E-state index in [-0.39, 0.29) is 5.57 Å². The van der Waals surface area contributed by atoms with E-state index in [0.717, 1.165) is 4.88 Å².